The number of fused-ring (bicyclic) bond motifs is 7. The standard InChI is InChI=1S/C52H33NOS/c1-2-12-36(13-3-1)42-29-27-40(32-47(42)46-18-10-17-45-43-15-6-8-19-49(43)54-52(45)46)53(41-28-30-51-48(33-41)44-16-7-9-20-50(44)55-51)39-25-23-35(24-26-39)38-22-21-34-11-4-5-14-37(34)31-38/h1-33H. The first kappa shape index (κ1) is 31.6. The summed E-state index contributed by atoms with van der Waals surface area (Å²) in [5.41, 5.74) is 12.0. The Labute approximate surface area is 322 Å². The zero-order valence-corrected chi connectivity index (χ0v) is 30.6. The first-order valence-corrected chi connectivity index (χ1v) is 19.5. The van der Waals surface area contributed by atoms with Gasteiger partial charge in [-0.3, -0.25) is 0 Å². The van der Waals surface area contributed by atoms with Gasteiger partial charge in [-0.25, -0.2) is 0 Å². The van der Waals surface area contributed by atoms with Gasteiger partial charge in [-0.1, -0.05) is 140 Å². The van der Waals surface area contributed by atoms with Crippen LogP contribution in [0.5, 0.6) is 0 Å². The van der Waals surface area contributed by atoms with Crippen LogP contribution in [-0.4, -0.2) is 0 Å². The fraction of sp³-hybridized carbons (Fsp3) is 0. The van der Waals surface area contributed by atoms with E-state index in [4.69, 9.17) is 4.42 Å². The number of hydrogen-bond donors (Lipinski definition) is 0. The molecule has 0 saturated heterocycles. The van der Waals surface area contributed by atoms with Gasteiger partial charge < -0.3 is 9.32 Å². The predicted octanol–water partition coefficient (Wildman–Crippen LogP) is 15.6. The average Bonchev–Trinajstić information content (AvgIpc) is 3.83. The van der Waals surface area contributed by atoms with E-state index in [9.17, 15) is 0 Å². The van der Waals surface area contributed by atoms with Crippen LogP contribution < -0.4 is 4.90 Å². The lowest BCUT2D eigenvalue weighted by molar-refractivity contribution is 0.670. The summed E-state index contributed by atoms with van der Waals surface area (Å²) < 4.78 is 9.23. The summed E-state index contributed by atoms with van der Waals surface area (Å²) in [7, 11) is 0. The lowest BCUT2D eigenvalue weighted by atomic mass is 9.92. The average molecular weight is 720 g/mol. The summed E-state index contributed by atoms with van der Waals surface area (Å²) in [6.45, 7) is 0. The van der Waals surface area contributed by atoms with Gasteiger partial charge in [0.2, 0.25) is 0 Å². The summed E-state index contributed by atoms with van der Waals surface area (Å²) in [6, 6.07) is 72.3. The molecule has 0 bridgehead atoms. The van der Waals surface area contributed by atoms with Crippen LogP contribution in [0, 0.1) is 0 Å². The maximum absolute atomic E-state index is 6.65. The zero-order valence-electron chi connectivity index (χ0n) is 29.8. The third kappa shape index (κ3) is 5.40. The SMILES string of the molecule is c1ccc(-c2ccc(N(c3ccc(-c4ccc5ccccc5c4)cc3)c3ccc4sc5ccccc5c4c3)cc2-c2cccc3c2oc2ccccc23)cc1. The summed E-state index contributed by atoms with van der Waals surface area (Å²) in [5.74, 6) is 0. The number of furan rings is 1. The molecule has 0 atom stereocenters. The molecule has 0 aliphatic heterocycles. The minimum absolute atomic E-state index is 0.895. The van der Waals surface area contributed by atoms with Gasteiger partial charge in [0.05, 0.1) is 0 Å². The monoisotopic (exact) mass is 719 g/mol. The van der Waals surface area contributed by atoms with Crippen molar-refractivity contribution in [2.75, 3.05) is 4.90 Å². The van der Waals surface area contributed by atoms with E-state index in [0.29, 0.717) is 0 Å². The topological polar surface area (TPSA) is 16.4 Å². The quantitative estimate of drug-likeness (QED) is 0.170. The van der Waals surface area contributed by atoms with Crippen molar-refractivity contribution in [2.45, 2.75) is 0 Å². The molecule has 0 aliphatic carbocycles. The summed E-state index contributed by atoms with van der Waals surface area (Å²) in [6.07, 6.45) is 0. The third-order valence-corrected chi connectivity index (χ3v) is 12.0. The van der Waals surface area contributed by atoms with Crippen LogP contribution in [0.15, 0.2) is 205 Å². The molecule has 0 amide bonds. The molecule has 11 aromatic rings. The lowest BCUT2D eigenvalue weighted by Crippen LogP contribution is -2.10. The molecule has 258 valence electrons. The third-order valence-electron chi connectivity index (χ3n) is 10.9. The molecule has 0 unspecified atom stereocenters. The highest BCUT2D eigenvalue weighted by Gasteiger charge is 2.20. The van der Waals surface area contributed by atoms with Crippen LogP contribution in [-0.2, 0) is 0 Å². The van der Waals surface area contributed by atoms with Crippen molar-refractivity contribution in [2.24, 2.45) is 0 Å². The van der Waals surface area contributed by atoms with E-state index in [0.717, 1.165) is 61.3 Å². The Balaban J connectivity index is 1.12. The van der Waals surface area contributed by atoms with Gasteiger partial charge in [0.25, 0.3) is 0 Å². The van der Waals surface area contributed by atoms with E-state index < -0.39 is 0 Å². The molecular formula is C52H33NOS. The molecule has 2 nitrogen and oxygen atoms in total. The van der Waals surface area contributed by atoms with Crippen molar-refractivity contribution >= 4 is 81.3 Å². The van der Waals surface area contributed by atoms with E-state index in [-0.39, 0.29) is 0 Å². The minimum Gasteiger partial charge on any atom is -0.455 e. The molecule has 2 heterocycles. The number of para-hydroxylation sites is 2. The first-order valence-electron chi connectivity index (χ1n) is 18.7. The Morgan fingerprint density at radius 1 is 0.345 bits per heavy atom. The molecule has 11 rings (SSSR count). The Bertz CT molecular complexity index is 3210. The van der Waals surface area contributed by atoms with Crippen LogP contribution in [0.4, 0.5) is 17.1 Å². The molecule has 2 aromatic heterocycles. The van der Waals surface area contributed by atoms with Crippen LogP contribution >= 0.6 is 11.3 Å². The molecule has 0 fully saturated rings. The molecule has 55 heavy (non-hydrogen) atoms. The number of nitrogens with zero attached hydrogens (tertiary/aromatic N) is 1. The van der Waals surface area contributed by atoms with Crippen LogP contribution in [0.3, 0.4) is 0 Å². The zero-order chi connectivity index (χ0) is 36.3. The van der Waals surface area contributed by atoms with Crippen molar-refractivity contribution < 1.29 is 4.42 Å². The molecule has 0 N–H and O–H groups in total. The van der Waals surface area contributed by atoms with Gasteiger partial charge in [0.1, 0.15) is 11.2 Å². The van der Waals surface area contributed by atoms with Gasteiger partial charge >= 0.3 is 0 Å². The van der Waals surface area contributed by atoms with Crippen molar-refractivity contribution in [3.63, 3.8) is 0 Å². The van der Waals surface area contributed by atoms with Crippen LogP contribution in [0.2, 0.25) is 0 Å². The van der Waals surface area contributed by atoms with Gasteiger partial charge in [0, 0.05) is 53.6 Å². The van der Waals surface area contributed by atoms with Gasteiger partial charge in [-0.15, -0.1) is 11.3 Å². The van der Waals surface area contributed by atoms with E-state index in [1.807, 2.05) is 17.4 Å². The number of hydrogen-bond acceptors (Lipinski definition) is 3. The fourth-order valence-corrected chi connectivity index (χ4v) is 9.28. The smallest absolute Gasteiger partial charge is 0.143 e. The van der Waals surface area contributed by atoms with Crippen molar-refractivity contribution in [1.82, 2.24) is 0 Å². The summed E-state index contributed by atoms with van der Waals surface area (Å²) in [4.78, 5) is 2.40. The summed E-state index contributed by atoms with van der Waals surface area (Å²) in [5, 5.41) is 7.29. The van der Waals surface area contributed by atoms with Crippen LogP contribution in [0.1, 0.15) is 0 Å². The molecular weight excluding hydrogens is 687 g/mol. The second-order valence-corrected chi connectivity index (χ2v) is 15.2. The number of thiophene rings is 1. The molecule has 3 heteroatoms. The highest BCUT2D eigenvalue weighted by atomic mass is 32.1. The van der Waals surface area contributed by atoms with E-state index in [1.165, 1.54) is 42.1 Å². The highest BCUT2D eigenvalue weighted by molar-refractivity contribution is 7.25. The Hall–Kier alpha value is -6.94. The highest BCUT2D eigenvalue weighted by Crippen LogP contribution is 2.45. The van der Waals surface area contributed by atoms with E-state index in [1.54, 1.807) is 0 Å². The molecule has 0 saturated carbocycles. The minimum atomic E-state index is 0.895. The molecule has 9 aromatic carbocycles. The predicted molar refractivity (Wildman–Crippen MR) is 235 cm³/mol. The maximum Gasteiger partial charge on any atom is 0.143 e. The Morgan fingerprint density at radius 2 is 1.02 bits per heavy atom. The molecule has 0 aliphatic rings. The van der Waals surface area contributed by atoms with Gasteiger partial charge in [-0.2, -0.15) is 0 Å². The largest absolute Gasteiger partial charge is 0.455 e. The maximum atomic E-state index is 6.65. The van der Waals surface area contributed by atoms with Crippen molar-refractivity contribution in [3.8, 4) is 33.4 Å². The van der Waals surface area contributed by atoms with Gasteiger partial charge in [-0.05, 0) is 99.3 Å². The van der Waals surface area contributed by atoms with Gasteiger partial charge in [0.15, 0.2) is 0 Å². The van der Waals surface area contributed by atoms with Crippen molar-refractivity contribution in [3.05, 3.63) is 200 Å². The van der Waals surface area contributed by atoms with Crippen molar-refractivity contribution in [1.29, 1.82) is 0 Å². The molecule has 0 spiro atoms. The van der Waals surface area contributed by atoms with E-state index in [2.05, 4.69) is 199 Å². The first-order chi connectivity index (χ1) is 27.2. The summed E-state index contributed by atoms with van der Waals surface area (Å²) >= 11 is 1.85. The number of anilines is 3. The second kappa shape index (κ2) is 12.9. The number of benzene rings is 9. The Morgan fingerprint density at radius 3 is 1.91 bits per heavy atom. The number of rotatable bonds is 6. The molecule has 0 radical (unpaired) electrons. The van der Waals surface area contributed by atoms with Crippen LogP contribution in [0.25, 0.3) is 86.3 Å². The Kier molecular flexibility index (Phi) is 7.39. The fourth-order valence-electron chi connectivity index (χ4n) is 8.20. The normalized spacial score (nSPS) is 11.6. The lowest BCUT2D eigenvalue weighted by Gasteiger charge is -2.27. The van der Waals surface area contributed by atoms with E-state index >= 15 is 0 Å². The second-order valence-electron chi connectivity index (χ2n) is 14.1.